The smallest absolute Gasteiger partial charge is 0.158 e. The van der Waals surface area contributed by atoms with Crippen LogP contribution in [0.4, 0.5) is 0 Å². The average Bonchev–Trinajstić information content (AvgIpc) is 2.01. The minimum atomic E-state index is 0.136. The van der Waals surface area contributed by atoms with Gasteiger partial charge in [-0.15, -0.1) is 0 Å². The normalized spacial score (nSPS) is 13.0. The predicted molar refractivity (Wildman–Crippen MR) is 42.6 cm³/mol. The minimum absolute atomic E-state index is 0.136. The van der Waals surface area contributed by atoms with Gasteiger partial charge in [0, 0.05) is 20.6 Å². The van der Waals surface area contributed by atoms with E-state index in [0.717, 1.165) is 6.42 Å². The van der Waals surface area contributed by atoms with E-state index in [2.05, 4.69) is 4.74 Å². The van der Waals surface area contributed by atoms with Crippen LogP contribution in [0.2, 0.25) is 0 Å². The van der Waals surface area contributed by atoms with Crippen molar-refractivity contribution in [3.8, 4) is 0 Å². The zero-order valence-electron chi connectivity index (χ0n) is 7.42. The molecule has 0 radical (unpaired) electrons. The van der Waals surface area contributed by atoms with Gasteiger partial charge in [0.15, 0.2) is 5.78 Å². The van der Waals surface area contributed by atoms with Crippen molar-refractivity contribution in [1.82, 2.24) is 0 Å². The SMILES string of the molecule is COCC(=O)CCC(C)OC. The monoisotopic (exact) mass is 160 g/mol. The lowest BCUT2D eigenvalue weighted by Crippen LogP contribution is -2.11. The third kappa shape index (κ3) is 6.01. The van der Waals surface area contributed by atoms with Gasteiger partial charge >= 0.3 is 0 Å². The van der Waals surface area contributed by atoms with Crippen molar-refractivity contribution in [1.29, 1.82) is 0 Å². The Morgan fingerprint density at radius 2 is 2.09 bits per heavy atom. The van der Waals surface area contributed by atoms with Crippen LogP contribution in [0.25, 0.3) is 0 Å². The lowest BCUT2D eigenvalue weighted by molar-refractivity contribution is -0.123. The lowest BCUT2D eigenvalue weighted by atomic mass is 10.1. The summed E-state index contributed by atoms with van der Waals surface area (Å²) in [5, 5.41) is 0. The second kappa shape index (κ2) is 6.31. The van der Waals surface area contributed by atoms with Crippen LogP contribution < -0.4 is 0 Å². The average molecular weight is 160 g/mol. The number of methoxy groups -OCH3 is 2. The van der Waals surface area contributed by atoms with Crippen molar-refractivity contribution in [3.05, 3.63) is 0 Å². The molecule has 0 aromatic carbocycles. The maximum absolute atomic E-state index is 10.9. The van der Waals surface area contributed by atoms with Crippen LogP contribution in [0.15, 0.2) is 0 Å². The Kier molecular flexibility index (Phi) is 6.07. The van der Waals surface area contributed by atoms with Gasteiger partial charge in [-0.3, -0.25) is 4.79 Å². The van der Waals surface area contributed by atoms with E-state index in [9.17, 15) is 4.79 Å². The summed E-state index contributed by atoms with van der Waals surface area (Å²) >= 11 is 0. The molecular weight excluding hydrogens is 144 g/mol. The number of rotatable bonds is 6. The Morgan fingerprint density at radius 3 is 2.55 bits per heavy atom. The zero-order chi connectivity index (χ0) is 8.69. The van der Waals surface area contributed by atoms with Gasteiger partial charge < -0.3 is 9.47 Å². The van der Waals surface area contributed by atoms with E-state index in [4.69, 9.17) is 4.74 Å². The Hall–Kier alpha value is -0.410. The summed E-state index contributed by atoms with van der Waals surface area (Å²) in [4.78, 5) is 10.9. The molecule has 0 aliphatic rings. The second-order valence-corrected chi connectivity index (χ2v) is 2.56. The van der Waals surface area contributed by atoms with Crippen LogP contribution in [0.1, 0.15) is 19.8 Å². The molecule has 0 bridgehead atoms. The Balaban J connectivity index is 3.30. The Bertz CT molecular complexity index is 112. The summed E-state index contributed by atoms with van der Waals surface area (Å²) in [6.45, 7) is 2.16. The first-order chi connectivity index (χ1) is 5.20. The fourth-order valence-electron chi connectivity index (χ4n) is 0.715. The predicted octanol–water partition coefficient (Wildman–Crippen LogP) is 1.02. The summed E-state index contributed by atoms with van der Waals surface area (Å²) in [5.74, 6) is 0.136. The van der Waals surface area contributed by atoms with Gasteiger partial charge in [0.2, 0.25) is 0 Å². The first-order valence-corrected chi connectivity index (χ1v) is 3.74. The van der Waals surface area contributed by atoms with Crippen molar-refractivity contribution in [2.45, 2.75) is 25.9 Å². The molecule has 0 aliphatic carbocycles. The third-order valence-electron chi connectivity index (χ3n) is 1.54. The highest BCUT2D eigenvalue weighted by Gasteiger charge is 2.04. The van der Waals surface area contributed by atoms with Crippen molar-refractivity contribution in [2.75, 3.05) is 20.8 Å². The fourth-order valence-corrected chi connectivity index (χ4v) is 0.715. The summed E-state index contributed by atoms with van der Waals surface area (Å²) < 4.78 is 9.66. The molecule has 11 heavy (non-hydrogen) atoms. The first-order valence-electron chi connectivity index (χ1n) is 3.74. The van der Waals surface area contributed by atoms with Gasteiger partial charge in [-0.05, 0) is 13.3 Å². The van der Waals surface area contributed by atoms with Gasteiger partial charge in [0.05, 0.1) is 6.10 Å². The first kappa shape index (κ1) is 10.6. The van der Waals surface area contributed by atoms with Crippen molar-refractivity contribution in [2.24, 2.45) is 0 Å². The van der Waals surface area contributed by atoms with Crippen LogP contribution in [0.5, 0.6) is 0 Å². The molecule has 0 aliphatic heterocycles. The van der Waals surface area contributed by atoms with Gasteiger partial charge in [0.25, 0.3) is 0 Å². The van der Waals surface area contributed by atoms with E-state index >= 15 is 0 Å². The number of ketones is 1. The van der Waals surface area contributed by atoms with Gasteiger partial charge in [-0.2, -0.15) is 0 Å². The van der Waals surface area contributed by atoms with Crippen LogP contribution in [-0.2, 0) is 14.3 Å². The largest absolute Gasteiger partial charge is 0.382 e. The number of hydrogen-bond acceptors (Lipinski definition) is 3. The molecule has 0 aromatic heterocycles. The maximum Gasteiger partial charge on any atom is 0.158 e. The van der Waals surface area contributed by atoms with Gasteiger partial charge in [-0.1, -0.05) is 0 Å². The number of carbonyl (C=O) groups is 1. The van der Waals surface area contributed by atoms with Crippen LogP contribution in [0.3, 0.4) is 0 Å². The van der Waals surface area contributed by atoms with Crippen LogP contribution in [-0.4, -0.2) is 32.7 Å². The summed E-state index contributed by atoms with van der Waals surface area (Å²) in [6, 6.07) is 0. The van der Waals surface area contributed by atoms with Crippen molar-refractivity contribution >= 4 is 5.78 Å². The van der Waals surface area contributed by atoms with E-state index in [1.165, 1.54) is 7.11 Å². The molecule has 0 aromatic rings. The Morgan fingerprint density at radius 1 is 1.45 bits per heavy atom. The van der Waals surface area contributed by atoms with E-state index in [1.54, 1.807) is 7.11 Å². The highest BCUT2D eigenvalue weighted by atomic mass is 16.5. The molecule has 0 N–H and O–H groups in total. The zero-order valence-corrected chi connectivity index (χ0v) is 7.42. The lowest BCUT2D eigenvalue weighted by Gasteiger charge is -2.07. The number of ether oxygens (including phenoxy) is 2. The second-order valence-electron chi connectivity index (χ2n) is 2.56. The maximum atomic E-state index is 10.9. The van der Waals surface area contributed by atoms with E-state index in [0.29, 0.717) is 6.42 Å². The summed E-state index contributed by atoms with van der Waals surface area (Å²) in [5.41, 5.74) is 0. The molecule has 3 heteroatoms. The molecule has 0 heterocycles. The fraction of sp³-hybridized carbons (Fsp3) is 0.875. The molecular formula is C8H16O3. The highest BCUT2D eigenvalue weighted by Crippen LogP contribution is 2.00. The standard InChI is InChI=1S/C8H16O3/c1-7(11-3)4-5-8(9)6-10-2/h7H,4-6H2,1-3H3. The Labute approximate surface area is 67.7 Å². The quantitative estimate of drug-likeness (QED) is 0.582. The molecule has 3 nitrogen and oxygen atoms in total. The molecule has 1 atom stereocenters. The molecule has 0 rings (SSSR count). The summed E-state index contributed by atoms with van der Waals surface area (Å²) in [7, 11) is 3.17. The van der Waals surface area contributed by atoms with Gasteiger partial charge in [0.1, 0.15) is 6.61 Å². The molecule has 0 saturated heterocycles. The highest BCUT2D eigenvalue weighted by molar-refractivity contribution is 5.79. The van der Waals surface area contributed by atoms with Crippen molar-refractivity contribution in [3.63, 3.8) is 0 Å². The third-order valence-corrected chi connectivity index (χ3v) is 1.54. The molecule has 0 amide bonds. The van der Waals surface area contributed by atoms with Crippen LogP contribution >= 0.6 is 0 Å². The molecule has 0 fully saturated rings. The molecule has 0 saturated carbocycles. The molecule has 1 unspecified atom stereocenters. The number of Topliss-reactive ketones (excluding diaryl/α,β-unsaturated/α-hetero) is 1. The minimum Gasteiger partial charge on any atom is -0.382 e. The van der Waals surface area contributed by atoms with Gasteiger partial charge in [-0.25, -0.2) is 0 Å². The van der Waals surface area contributed by atoms with E-state index in [-0.39, 0.29) is 18.5 Å². The van der Waals surface area contributed by atoms with Crippen molar-refractivity contribution < 1.29 is 14.3 Å². The van der Waals surface area contributed by atoms with Crippen LogP contribution in [0, 0.1) is 0 Å². The number of hydrogen-bond donors (Lipinski definition) is 0. The molecule has 66 valence electrons. The number of carbonyl (C=O) groups excluding carboxylic acids is 1. The van der Waals surface area contributed by atoms with E-state index < -0.39 is 0 Å². The summed E-state index contributed by atoms with van der Waals surface area (Å²) in [6.07, 6.45) is 1.48. The van der Waals surface area contributed by atoms with E-state index in [1.807, 2.05) is 6.92 Å². The topological polar surface area (TPSA) is 35.5 Å². The molecule has 0 spiro atoms.